The molecule has 1 N–H and O–H groups in total. The molecule has 24 heavy (non-hydrogen) atoms. The fourth-order valence-electron chi connectivity index (χ4n) is 2.84. The van der Waals surface area contributed by atoms with Gasteiger partial charge in [0.25, 0.3) is 0 Å². The second kappa shape index (κ2) is 6.93. The molecule has 5 heteroatoms. The second-order valence-corrected chi connectivity index (χ2v) is 7.94. The first-order chi connectivity index (χ1) is 11.1. The summed E-state index contributed by atoms with van der Waals surface area (Å²) in [5, 5.41) is 3.35. The number of cyclic esters (lactones) is 1. The minimum absolute atomic E-state index is 0.0770. The fraction of sp³-hybridized carbons (Fsp3) is 0.579. The first-order valence-electron chi connectivity index (χ1n) is 8.28. The molecule has 0 saturated carbocycles. The number of nitrogens with one attached hydrogen (secondary N) is 1. The Kier molecular flexibility index (Phi) is 5.33. The van der Waals surface area contributed by atoms with Gasteiger partial charge in [-0.1, -0.05) is 44.2 Å². The molecule has 1 fully saturated rings. The molecule has 1 aliphatic heterocycles. The summed E-state index contributed by atoms with van der Waals surface area (Å²) >= 11 is 0. The number of benzene rings is 1. The van der Waals surface area contributed by atoms with Crippen LogP contribution in [0.5, 0.6) is 0 Å². The van der Waals surface area contributed by atoms with Crippen molar-refractivity contribution in [3.05, 3.63) is 35.9 Å². The highest BCUT2D eigenvalue weighted by Crippen LogP contribution is 2.32. The topological polar surface area (TPSA) is 64.6 Å². The van der Waals surface area contributed by atoms with Gasteiger partial charge in [-0.15, -0.1) is 0 Å². The largest absolute Gasteiger partial charge is 0.462 e. The number of carbonyl (C=O) groups excluding carboxylic acids is 2. The van der Waals surface area contributed by atoms with Crippen LogP contribution in [0.15, 0.2) is 30.3 Å². The van der Waals surface area contributed by atoms with Crippen molar-refractivity contribution in [3.63, 3.8) is 0 Å². The lowest BCUT2D eigenvalue weighted by atomic mass is 9.80. The van der Waals surface area contributed by atoms with Gasteiger partial charge in [0.15, 0.2) is 0 Å². The maximum Gasteiger partial charge on any atom is 0.323 e. The summed E-state index contributed by atoms with van der Waals surface area (Å²) < 4.78 is 10.8. The first kappa shape index (κ1) is 18.5. The van der Waals surface area contributed by atoms with Gasteiger partial charge >= 0.3 is 11.9 Å². The lowest BCUT2D eigenvalue weighted by Gasteiger charge is -2.39. The van der Waals surface area contributed by atoms with Crippen molar-refractivity contribution in [1.82, 2.24) is 5.32 Å². The summed E-state index contributed by atoms with van der Waals surface area (Å²) in [6.45, 7) is 9.54. The molecule has 2 atom stereocenters. The molecule has 5 nitrogen and oxygen atoms in total. The van der Waals surface area contributed by atoms with E-state index in [1.807, 2.05) is 65.0 Å². The Balaban J connectivity index is 2.09. The van der Waals surface area contributed by atoms with Crippen molar-refractivity contribution in [2.45, 2.75) is 58.7 Å². The van der Waals surface area contributed by atoms with E-state index < -0.39 is 17.1 Å². The summed E-state index contributed by atoms with van der Waals surface area (Å²) in [5.74, 6) is -0.639. The number of esters is 2. The van der Waals surface area contributed by atoms with E-state index in [4.69, 9.17) is 9.47 Å². The van der Waals surface area contributed by atoms with E-state index >= 15 is 0 Å². The zero-order chi connectivity index (χ0) is 18.0. The quantitative estimate of drug-likeness (QED) is 0.858. The molecule has 1 aromatic rings. The molecule has 1 heterocycles. The van der Waals surface area contributed by atoms with E-state index in [1.165, 1.54) is 0 Å². The third-order valence-corrected chi connectivity index (χ3v) is 4.00. The molecule has 1 aliphatic rings. The lowest BCUT2D eigenvalue weighted by Crippen LogP contribution is -2.55. The molecule has 0 spiro atoms. The third kappa shape index (κ3) is 4.81. The number of morpholine rings is 1. The summed E-state index contributed by atoms with van der Waals surface area (Å²) in [6.07, 6.45) is 0.137. The smallest absolute Gasteiger partial charge is 0.323 e. The van der Waals surface area contributed by atoms with Gasteiger partial charge in [0, 0.05) is 5.41 Å². The van der Waals surface area contributed by atoms with Crippen molar-refractivity contribution in [2.24, 2.45) is 5.41 Å². The predicted octanol–water partition coefficient (Wildman–Crippen LogP) is 3.00. The van der Waals surface area contributed by atoms with E-state index in [0.717, 1.165) is 5.56 Å². The molecule has 1 aromatic carbocycles. The Morgan fingerprint density at radius 3 is 2.42 bits per heavy atom. The highest BCUT2D eigenvalue weighted by Gasteiger charge is 2.43. The maximum atomic E-state index is 12.2. The zero-order valence-corrected chi connectivity index (χ0v) is 15.1. The summed E-state index contributed by atoms with van der Waals surface area (Å²) in [5.41, 5.74) is -0.101. The van der Waals surface area contributed by atoms with Crippen LogP contribution in [0.25, 0.3) is 0 Å². The zero-order valence-electron chi connectivity index (χ0n) is 15.1. The summed E-state index contributed by atoms with van der Waals surface area (Å²) in [6, 6.07) is 9.20. The van der Waals surface area contributed by atoms with Crippen molar-refractivity contribution < 1.29 is 19.1 Å². The second-order valence-electron chi connectivity index (χ2n) is 7.94. The van der Waals surface area contributed by atoms with Crippen LogP contribution >= 0.6 is 0 Å². The number of ether oxygens (including phenoxy) is 2. The summed E-state index contributed by atoms with van der Waals surface area (Å²) in [4.78, 5) is 24.4. The van der Waals surface area contributed by atoms with Crippen LogP contribution in [0, 0.1) is 5.41 Å². The van der Waals surface area contributed by atoms with Gasteiger partial charge in [-0.2, -0.15) is 0 Å². The summed E-state index contributed by atoms with van der Waals surface area (Å²) in [7, 11) is 0. The molecular formula is C19H27NO4. The van der Waals surface area contributed by atoms with E-state index in [-0.39, 0.29) is 24.4 Å². The average Bonchev–Trinajstić information content (AvgIpc) is 2.45. The van der Waals surface area contributed by atoms with Crippen LogP contribution < -0.4 is 5.32 Å². The maximum absolute atomic E-state index is 12.2. The van der Waals surface area contributed by atoms with Gasteiger partial charge in [-0.25, -0.2) is 0 Å². The van der Waals surface area contributed by atoms with E-state index in [1.54, 1.807) is 0 Å². The highest BCUT2D eigenvalue weighted by molar-refractivity contribution is 5.79. The number of hydrogen-bond acceptors (Lipinski definition) is 5. The number of carbonyl (C=O) groups is 2. The minimum Gasteiger partial charge on any atom is -0.462 e. The van der Waals surface area contributed by atoms with Gasteiger partial charge in [-0.05, 0) is 26.3 Å². The highest BCUT2D eigenvalue weighted by atomic mass is 16.6. The average molecular weight is 333 g/mol. The molecule has 0 aromatic heterocycles. The van der Waals surface area contributed by atoms with E-state index in [9.17, 15) is 9.59 Å². The number of rotatable bonds is 4. The molecule has 1 saturated heterocycles. The molecular weight excluding hydrogens is 306 g/mol. The fourth-order valence-corrected chi connectivity index (χ4v) is 2.84. The van der Waals surface area contributed by atoms with Crippen LogP contribution in [0.2, 0.25) is 0 Å². The standard InChI is InChI=1S/C19H27NO4/c1-18(2,3)24-15(21)11-19(4,5)16-17(22)23-12-14(20-16)13-9-7-6-8-10-13/h6-10,14,16,20H,11-12H2,1-5H3. The molecule has 0 amide bonds. The Hall–Kier alpha value is -1.88. The van der Waals surface area contributed by atoms with Crippen molar-refractivity contribution in [3.8, 4) is 0 Å². The Morgan fingerprint density at radius 2 is 1.83 bits per heavy atom. The molecule has 0 aliphatic carbocycles. The van der Waals surface area contributed by atoms with E-state index in [0.29, 0.717) is 6.61 Å². The lowest BCUT2D eigenvalue weighted by molar-refractivity contribution is -0.162. The Bertz CT molecular complexity index is 589. The van der Waals surface area contributed by atoms with Crippen LogP contribution in [0.3, 0.4) is 0 Å². The Morgan fingerprint density at radius 1 is 1.21 bits per heavy atom. The first-order valence-corrected chi connectivity index (χ1v) is 8.28. The van der Waals surface area contributed by atoms with Crippen LogP contribution in [0.1, 0.15) is 52.6 Å². The van der Waals surface area contributed by atoms with Crippen molar-refractivity contribution in [1.29, 1.82) is 0 Å². The normalized spacial score (nSPS) is 22.0. The molecule has 0 bridgehead atoms. The molecule has 0 radical (unpaired) electrons. The SMILES string of the molecule is CC(C)(C)OC(=O)CC(C)(C)C1NC(c2ccccc2)COC1=O. The van der Waals surface area contributed by atoms with Crippen molar-refractivity contribution >= 4 is 11.9 Å². The van der Waals surface area contributed by atoms with Crippen LogP contribution in [0.4, 0.5) is 0 Å². The molecule has 2 rings (SSSR count). The number of hydrogen-bond donors (Lipinski definition) is 1. The molecule has 132 valence electrons. The van der Waals surface area contributed by atoms with Gasteiger partial charge in [0.2, 0.25) is 0 Å². The molecule has 2 unspecified atom stereocenters. The predicted molar refractivity (Wildman–Crippen MR) is 91.3 cm³/mol. The monoisotopic (exact) mass is 333 g/mol. The Labute approximate surface area is 143 Å². The van der Waals surface area contributed by atoms with Gasteiger partial charge in [-0.3, -0.25) is 14.9 Å². The van der Waals surface area contributed by atoms with Gasteiger partial charge < -0.3 is 9.47 Å². The van der Waals surface area contributed by atoms with Crippen LogP contribution in [-0.2, 0) is 19.1 Å². The van der Waals surface area contributed by atoms with Crippen molar-refractivity contribution in [2.75, 3.05) is 6.61 Å². The van der Waals surface area contributed by atoms with Gasteiger partial charge in [0.05, 0.1) is 12.5 Å². The van der Waals surface area contributed by atoms with E-state index in [2.05, 4.69) is 5.32 Å². The van der Waals surface area contributed by atoms with Crippen LogP contribution in [-0.4, -0.2) is 30.2 Å². The van der Waals surface area contributed by atoms with Gasteiger partial charge in [0.1, 0.15) is 18.2 Å². The third-order valence-electron chi connectivity index (χ3n) is 4.00. The minimum atomic E-state index is -0.618.